The van der Waals surface area contributed by atoms with Crippen LogP contribution >= 0.6 is 28.3 Å². The predicted molar refractivity (Wildman–Crippen MR) is 65.5 cm³/mol. The van der Waals surface area contributed by atoms with Crippen LogP contribution in [0.25, 0.3) is 0 Å². The Bertz CT molecular complexity index is 373. The molecule has 2 nitrogen and oxygen atoms in total. The lowest BCUT2D eigenvalue weighted by Crippen LogP contribution is -2.20. The molecule has 2 N–H and O–H groups in total. The van der Waals surface area contributed by atoms with E-state index in [1.165, 1.54) is 13.2 Å². The highest BCUT2D eigenvalue weighted by Crippen LogP contribution is 2.33. The van der Waals surface area contributed by atoms with Gasteiger partial charge in [-0.2, -0.15) is 13.2 Å². The van der Waals surface area contributed by atoms with Gasteiger partial charge in [0.15, 0.2) is 0 Å². The number of rotatable bonds is 3. The molecule has 0 radical (unpaired) electrons. The van der Waals surface area contributed by atoms with Crippen molar-refractivity contribution in [2.24, 2.45) is 5.73 Å². The van der Waals surface area contributed by atoms with E-state index < -0.39 is 18.6 Å². The summed E-state index contributed by atoms with van der Waals surface area (Å²) in [4.78, 5) is 0. The summed E-state index contributed by atoms with van der Waals surface area (Å²) in [5, 5.41) is 0. The Hall–Kier alpha value is -0.460. The number of ether oxygens (including phenoxy) is 1. The summed E-state index contributed by atoms with van der Waals surface area (Å²) >= 11 is 3.16. The van der Waals surface area contributed by atoms with Gasteiger partial charge in [-0.15, -0.1) is 12.4 Å². The van der Waals surface area contributed by atoms with Crippen LogP contribution in [0.1, 0.15) is 18.0 Å². The zero-order chi connectivity index (χ0) is 12.3. The minimum absolute atomic E-state index is 0. The number of hydrogen-bond acceptors (Lipinski definition) is 2. The normalized spacial score (nSPS) is 12.8. The lowest BCUT2D eigenvalue weighted by Gasteiger charge is -2.16. The summed E-state index contributed by atoms with van der Waals surface area (Å²) < 4.78 is 42.0. The fraction of sp³-hybridized carbons (Fsp3) is 0.400. The molecule has 0 fully saturated rings. The SMILES string of the molecule is COc1ccc(Br)c([C@@H](N)CC(F)(F)F)c1.Cl. The number of nitrogens with two attached hydrogens (primary N) is 1. The molecule has 98 valence electrons. The second-order valence-corrected chi connectivity index (χ2v) is 4.17. The first-order chi connectivity index (χ1) is 7.33. The van der Waals surface area contributed by atoms with Crippen LogP contribution in [0.2, 0.25) is 0 Å². The number of methoxy groups -OCH3 is 1. The van der Waals surface area contributed by atoms with Gasteiger partial charge in [0.25, 0.3) is 0 Å². The maximum Gasteiger partial charge on any atom is 0.390 e. The maximum absolute atomic E-state index is 12.2. The molecule has 0 amide bonds. The third-order valence-electron chi connectivity index (χ3n) is 2.05. The van der Waals surface area contributed by atoms with Gasteiger partial charge in [-0.1, -0.05) is 15.9 Å². The van der Waals surface area contributed by atoms with Gasteiger partial charge in [-0.3, -0.25) is 0 Å². The van der Waals surface area contributed by atoms with Gasteiger partial charge in [0.05, 0.1) is 13.5 Å². The van der Waals surface area contributed by atoms with E-state index in [9.17, 15) is 13.2 Å². The second kappa shape index (κ2) is 6.47. The van der Waals surface area contributed by atoms with E-state index in [-0.39, 0.29) is 12.4 Å². The lowest BCUT2D eigenvalue weighted by atomic mass is 10.0. The van der Waals surface area contributed by atoms with Crippen LogP contribution in [-0.2, 0) is 0 Å². The molecule has 0 aliphatic heterocycles. The molecule has 1 rings (SSSR count). The fourth-order valence-corrected chi connectivity index (χ4v) is 1.83. The van der Waals surface area contributed by atoms with Crippen LogP contribution in [-0.4, -0.2) is 13.3 Å². The van der Waals surface area contributed by atoms with Crippen molar-refractivity contribution in [1.82, 2.24) is 0 Å². The number of hydrogen-bond donors (Lipinski definition) is 1. The third kappa shape index (κ3) is 5.14. The quantitative estimate of drug-likeness (QED) is 0.912. The Morgan fingerprint density at radius 2 is 2.00 bits per heavy atom. The molecular formula is C10H12BrClF3NO. The van der Waals surface area contributed by atoms with Gasteiger partial charge in [-0.25, -0.2) is 0 Å². The Labute approximate surface area is 112 Å². The first kappa shape index (κ1) is 16.5. The Balaban J connectivity index is 0.00000256. The van der Waals surface area contributed by atoms with Crippen molar-refractivity contribution in [1.29, 1.82) is 0 Å². The molecular weight excluding hydrogens is 322 g/mol. The molecule has 0 spiro atoms. The van der Waals surface area contributed by atoms with Crippen molar-refractivity contribution < 1.29 is 17.9 Å². The van der Waals surface area contributed by atoms with E-state index >= 15 is 0 Å². The molecule has 0 aliphatic rings. The summed E-state index contributed by atoms with van der Waals surface area (Å²) in [6.45, 7) is 0. The summed E-state index contributed by atoms with van der Waals surface area (Å²) in [7, 11) is 1.45. The van der Waals surface area contributed by atoms with E-state index in [0.29, 0.717) is 15.8 Å². The molecule has 0 saturated heterocycles. The summed E-state index contributed by atoms with van der Waals surface area (Å²) in [6, 6.07) is 3.67. The number of benzene rings is 1. The molecule has 0 heterocycles. The Morgan fingerprint density at radius 1 is 1.41 bits per heavy atom. The van der Waals surface area contributed by atoms with Gasteiger partial charge in [0, 0.05) is 10.5 Å². The van der Waals surface area contributed by atoms with Crippen molar-refractivity contribution in [3.63, 3.8) is 0 Å². The van der Waals surface area contributed by atoms with E-state index in [1.807, 2.05) is 0 Å². The van der Waals surface area contributed by atoms with Crippen LogP contribution in [0.5, 0.6) is 5.75 Å². The van der Waals surface area contributed by atoms with Gasteiger partial charge < -0.3 is 10.5 Å². The van der Waals surface area contributed by atoms with Crippen molar-refractivity contribution in [3.8, 4) is 5.75 Å². The molecule has 1 aromatic carbocycles. The van der Waals surface area contributed by atoms with E-state index in [0.717, 1.165) is 0 Å². The zero-order valence-corrected chi connectivity index (χ0v) is 11.3. The van der Waals surface area contributed by atoms with Crippen LogP contribution < -0.4 is 10.5 Å². The number of alkyl halides is 3. The van der Waals surface area contributed by atoms with Gasteiger partial charge in [0.1, 0.15) is 5.75 Å². The molecule has 0 aliphatic carbocycles. The van der Waals surface area contributed by atoms with Crippen LogP contribution in [0.4, 0.5) is 13.2 Å². The van der Waals surface area contributed by atoms with Gasteiger partial charge >= 0.3 is 6.18 Å². The van der Waals surface area contributed by atoms with Crippen molar-refractivity contribution in [3.05, 3.63) is 28.2 Å². The summed E-state index contributed by atoms with van der Waals surface area (Å²) in [5.74, 6) is 0.482. The van der Waals surface area contributed by atoms with Crippen LogP contribution in [0.15, 0.2) is 22.7 Å². The van der Waals surface area contributed by atoms with Crippen molar-refractivity contribution >= 4 is 28.3 Å². The van der Waals surface area contributed by atoms with Gasteiger partial charge in [-0.05, 0) is 23.8 Å². The fourth-order valence-electron chi connectivity index (χ4n) is 1.29. The van der Waals surface area contributed by atoms with Gasteiger partial charge in [0.2, 0.25) is 0 Å². The van der Waals surface area contributed by atoms with E-state index in [1.54, 1.807) is 12.1 Å². The van der Waals surface area contributed by atoms with Crippen molar-refractivity contribution in [2.75, 3.05) is 7.11 Å². The lowest BCUT2D eigenvalue weighted by molar-refractivity contribution is -0.138. The van der Waals surface area contributed by atoms with Crippen LogP contribution in [0.3, 0.4) is 0 Å². The Morgan fingerprint density at radius 3 is 2.47 bits per heavy atom. The number of halogens is 5. The molecule has 0 aromatic heterocycles. The second-order valence-electron chi connectivity index (χ2n) is 3.31. The first-order valence-corrected chi connectivity index (χ1v) is 5.28. The monoisotopic (exact) mass is 333 g/mol. The molecule has 7 heteroatoms. The maximum atomic E-state index is 12.2. The standard InChI is InChI=1S/C10H11BrF3NO.ClH/c1-16-6-2-3-8(11)7(4-6)9(15)5-10(12,13)14;/h2-4,9H,5,15H2,1H3;1H/t9-;/m0./s1. The molecule has 1 atom stereocenters. The highest BCUT2D eigenvalue weighted by Gasteiger charge is 2.31. The first-order valence-electron chi connectivity index (χ1n) is 4.49. The molecule has 0 saturated carbocycles. The van der Waals surface area contributed by atoms with Crippen LogP contribution in [0, 0.1) is 0 Å². The van der Waals surface area contributed by atoms with Crippen molar-refractivity contribution in [2.45, 2.75) is 18.6 Å². The largest absolute Gasteiger partial charge is 0.497 e. The predicted octanol–water partition coefficient (Wildman–Crippen LogP) is 3.83. The zero-order valence-electron chi connectivity index (χ0n) is 8.92. The van der Waals surface area contributed by atoms with E-state index in [4.69, 9.17) is 10.5 Å². The topological polar surface area (TPSA) is 35.2 Å². The molecule has 1 aromatic rings. The highest BCUT2D eigenvalue weighted by atomic mass is 79.9. The molecule has 0 unspecified atom stereocenters. The summed E-state index contributed by atoms with van der Waals surface area (Å²) in [6.07, 6.45) is -5.33. The average molecular weight is 335 g/mol. The Kier molecular flexibility index (Phi) is 6.29. The highest BCUT2D eigenvalue weighted by molar-refractivity contribution is 9.10. The summed E-state index contributed by atoms with van der Waals surface area (Å²) in [5.41, 5.74) is 5.89. The third-order valence-corrected chi connectivity index (χ3v) is 2.78. The minimum atomic E-state index is -4.28. The molecule has 0 bridgehead atoms. The molecule has 17 heavy (non-hydrogen) atoms. The minimum Gasteiger partial charge on any atom is -0.497 e. The smallest absolute Gasteiger partial charge is 0.390 e. The average Bonchev–Trinajstić information content (AvgIpc) is 2.15. The van der Waals surface area contributed by atoms with E-state index in [2.05, 4.69) is 15.9 Å².